The van der Waals surface area contributed by atoms with E-state index in [-0.39, 0.29) is 11.8 Å². The maximum Gasteiger partial charge on any atom is 0.274 e. The number of aromatic nitrogens is 5. The van der Waals surface area contributed by atoms with Crippen molar-refractivity contribution in [2.75, 3.05) is 13.1 Å². The maximum atomic E-state index is 12.7. The van der Waals surface area contributed by atoms with Gasteiger partial charge in [-0.1, -0.05) is 6.92 Å². The standard InChI is InChI=1S/C19H22N6O2/c1-3-8-25-10-7-16(23-25)19(26)24-9-6-15(12-24)18-22-21-17(27-18)14-5-4-13(2)20-11-14/h4-5,7,10-11,15H,3,6,8-9,12H2,1-2H3. The molecule has 140 valence electrons. The predicted octanol–water partition coefficient (Wildman–Crippen LogP) is 2.68. The highest BCUT2D eigenvalue weighted by atomic mass is 16.4. The largest absolute Gasteiger partial charge is 0.420 e. The molecule has 1 fully saturated rings. The molecule has 4 rings (SSSR count). The minimum atomic E-state index is -0.0465. The molecule has 1 atom stereocenters. The molecule has 27 heavy (non-hydrogen) atoms. The summed E-state index contributed by atoms with van der Waals surface area (Å²) in [4.78, 5) is 18.7. The van der Waals surface area contributed by atoms with Crippen molar-refractivity contribution in [1.29, 1.82) is 0 Å². The molecule has 8 nitrogen and oxygen atoms in total. The van der Waals surface area contributed by atoms with Gasteiger partial charge in [0.05, 0.1) is 11.5 Å². The quantitative estimate of drug-likeness (QED) is 0.690. The summed E-state index contributed by atoms with van der Waals surface area (Å²) in [6.07, 6.45) is 5.36. The van der Waals surface area contributed by atoms with E-state index in [1.165, 1.54) is 0 Å². The van der Waals surface area contributed by atoms with Crippen LogP contribution in [0.25, 0.3) is 11.5 Å². The van der Waals surface area contributed by atoms with Gasteiger partial charge in [-0.25, -0.2) is 0 Å². The van der Waals surface area contributed by atoms with Gasteiger partial charge < -0.3 is 9.32 Å². The molecule has 0 saturated carbocycles. The number of rotatable bonds is 5. The highest BCUT2D eigenvalue weighted by molar-refractivity contribution is 5.92. The lowest BCUT2D eigenvalue weighted by molar-refractivity contribution is 0.0783. The topological polar surface area (TPSA) is 89.9 Å². The van der Waals surface area contributed by atoms with Gasteiger partial charge in [-0.3, -0.25) is 14.5 Å². The number of nitrogens with zero attached hydrogens (tertiary/aromatic N) is 6. The predicted molar refractivity (Wildman–Crippen MR) is 98.0 cm³/mol. The van der Waals surface area contributed by atoms with E-state index in [1.807, 2.05) is 25.3 Å². The second-order valence-electron chi connectivity index (χ2n) is 6.83. The van der Waals surface area contributed by atoms with Gasteiger partial charge in [0, 0.05) is 37.7 Å². The zero-order valence-electron chi connectivity index (χ0n) is 15.5. The Morgan fingerprint density at radius 3 is 2.96 bits per heavy atom. The van der Waals surface area contributed by atoms with Gasteiger partial charge in [-0.05, 0) is 38.0 Å². The third kappa shape index (κ3) is 3.60. The lowest BCUT2D eigenvalue weighted by Gasteiger charge is -2.14. The molecule has 0 aromatic carbocycles. The molecule has 0 N–H and O–H groups in total. The van der Waals surface area contributed by atoms with Gasteiger partial charge in [-0.2, -0.15) is 5.10 Å². The van der Waals surface area contributed by atoms with Gasteiger partial charge in [0.25, 0.3) is 5.91 Å². The highest BCUT2D eigenvalue weighted by Gasteiger charge is 2.32. The molecule has 1 unspecified atom stereocenters. The SMILES string of the molecule is CCCn1ccc(C(=O)N2CCC(c3nnc(-c4ccc(C)nc4)o3)C2)n1. The van der Waals surface area contributed by atoms with Gasteiger partial charge in [-0.15, -0.1) is 10.2 Å². The first kappa shape index (κ1) is 17.4. The van der Waals surface area contributed by atoms with Gasteiger partial charge in [0.15, 0.2) is 0 Å². The van der Waals surface area contributed by atoms with Crippen LogP contribution in [-0.4, -0.2) is 48.9 Å². The number of likely N-dealkylation sites (tertiary alicyclic amines) is 1. The molecule has 0 spiro atoms. The van der Waals surface area contributed by atoms with Gasteiger partial charge in [0.2, 0.25) is 11.8 Å². The van der Waals surface area contributed by atoms with Crippen molar-refractivity contribution in [2.45, 2.75) is 39.2 Å². The summed E-state index contributed by atoms with van der Waals surface area (Å²) >= 11 is 0. The summed E-state index contributed by atoms with van der Waals surface area (Å²) in [5, 5.41) is 12.7. The zero-order valence-corrected chi connectivity index (χ0v) is 15.5. The third-order valence-electron chi connectivity index (χ3n) is 4.74. The van der Waals surface area contributed by atoms with Crippen molar-refractivity contribution < 1.29 is 9.21 Å². The molecule has 4 heterocycles. The van der Waals surface area contributed by atoms with Crippen LogP contribution in [0.5, 0.6) is 0 Å². The van der Waals surface area contributed by atoms with Crippen LogP contribution in [0.3, 0.4) is 0 Å². The Labute approximate surface area is 157 Å². The second kappa shape index (κ2) is 7.30. The van der Waals surface area contributed by atoms with Gasteiger partial charge >= 0.3 is 0 Å². The Bertz CT molecular complexity index is 930. The summed E-state index contributed by atoms with van der Waals surface area (Å²) in [5.74, 6) is 1.03. The summed E-state index contributed by atoms with van der Waals surface area (Å²) in [6.45, 7) is 6.05. The van der Waals surface area contributed by atoms with Crippen molar-refractivity contribution in [3.63, 3.8) is 0 Å². The van der Waals surface area contributed by atoms with Crippen molar-refractivity contribution in [3.8, 4) is 11.5 Å². The number of carbonyl (C=O) groups is 1. The number of aryl methyl sites for hydroxylation is 2. The number of amides is 1. The summed E-state index contributed by atoms with van der Waals surface area (Å²) in [7, 11) is 0. The molecule has 8 heteroatoms. The molecule has 3 aromatic rings. The van der Waals surface area contributed by atoms with Crippen LogP contribution in [0.4, 0.5) is 0 Å². The van der Waals surface area contributed by atoms with E-state index in [0.29, 0.717) is 30.6 Å². The van der Waals surface area contributed by atoms with E-state index in [0.717, 1.165) is 30.6 Å². The van der Waals surface area contributed by atoms with Crippen LogP contribution in [0.15, 0.2) is 35.0 Å². The van der Waals surface area contributed by atoms with Crippen LogP contribution < -0.4 is 0 Å². The Kier molecular flexibility index (Phi) is 4.70. The fourth-order valence-electron chi connectivity index (χ4n) is 3.25. The minimum Gasteiger partial charge on any atom is -0.420 e. The van der Waals surface area contributed by atoms with Crippen LogP contribution in [-0.2, 0) is 6.54 Å². The molecular weight excluding hydrogens is 344 g/mol. The fourth-order valence-corrected chi connectivity index (χ4v) is 3.25. The first-order chi connectivity index (χ1) is 13.1. The number of pyridine rings is 1. The lowest BCUT2D eigenvalue weighted by Crippen LogP contribution is -2.29. The summed E-state index contributed by atoms with van der Waals surface area (Å²) < 4.78 is 7.65. The molecule has 0 radical (unpaired) electrons. The van der Waals surface area contributed by atoms with Crippen molar-refractivity contribution >= 4 is 5.91 Å². The minimum absolute atomic E-state index is 0.0465. The second-order valence-corrected chi connectivity index (χ2v) is 6.83. The lowest BCUT2D eigenvalue weighted by atomic mass is 10.1. The molecule has 1 aliphatic rings. The highest BCUT2D eigenvalue weighted by Crippen LogP contribution is 2.29. The Morgan fingerprint density at radius 1 is 1.30 bits per heavy atom. The molecule has 3 aromatic heterocycles. The number of hydrogen-bond donors (Lipinski definition) is 0. The van der Waals surface area contributed by atoms with E-state index in [2.05, 4.69) is 27.2 Å². The first-order valence-corrected chi connectivity index (χ1v) is 9.23. The van der Waals surface area contributed by atoms with Crippen LogP contribution in [0.1, 0.15) is 47.8 Å². The normalized spacial score (nSPS) is 16.8. The fraction of sp³-hybridized carbons (Fsp3) is 0.421. The number of hydrogen-bond acceptors (Lipinski definition) is 6. The Balaban J connectivity index is 1.43. The molecule has 1 aliphatic heterocycles. The van der Waals surface area contributed by atoms with E-state index < -0.39 is 0 Å². The Hall–Kier alpha value is -3.03. The molecule has 1 amide bonds. The van der Waals surface area contributed by atoms with E-state index in [9.17, 15) is 4.79 Å². The van der Waals surface area contributed by atoms with Gasteiger partial charge in [0.1, 0.15) is 5.69 Å². The molecule has 1 saturated heterocycles. The average molecular weight is 366 g/mol. The Morgan fingerprint density at radius 2 is 2.19 bits per heavy atom. The van der Waals surface area contributed by atoms with E-state index in [1.54, 1.807) is 21.8 Å². The molecule has 0 bridgehead atoms. The average Bonchev–Trinajstić information content (AvgIpc) is 3.42. The van der Waals surface area contributed by atoms with Crippen LogP contribution in [0.2, 0.25) is 0 Å². The number of carbonyl (C=O) groups excluding carboxylic acids is 1. The zero-order chi connectivity index (χ0) is 18.8. The van der Waals surface area contributed by atoms with E-state index in [4.69, 9.17) is 4.42 Å². The van der Waals surface area contributed by atoms with Crippen LogP contribution in [0, 0.1) is 6.92 Å². The monoisotopic (exact) mass is 366 g/mol. The van der Waals surface area contributed by atoms with Crippen molar-refractivity contribution in [1.82, 2.24) is 29.9 Å². The molecule has 0 aliphatic carbocycles. The van der Waals surface area contributed by atoms with E-state index >= 15 is 0 Å². The van der Waals surface area contributed by atoms with Crippen molar-refractivity contribution in [3.05, 3.63) is 47.9 Å². The van der Waals surface area contributed by atoms with Crippen molar-refractivity contribution in [2.24, 2.45) is 0 Å². The third-order valence-corrected chi connectivity index (χ3v) is 4.74. The summed E-state index contributed by atoms with van der Waals surface area (Å²) in [6, 6.07) is 5.60. The summed E-state index contributed by atoms with van der Waals surface area (Å²) in [5.41, 5.74) is 2.22. The maximum absolute atomic E-state index is 12.7. The molecular formula is C19H22N6O2. The smallest absolute Gasteiger partial charge is 0.274 e. The van der Waals surface area contributed by atoms with Crippen LogP contribution >= 0.6 is 0 Å². The first-order valence-electron chi connectivity index (χ1n) is 9.23.